The van der Waals surface area contributed by atoms with Crippen LogP contribution in [0.25, 0.3) is 6.08 Å². The Morgan fingerprint density at radius 2 is 2.00 bits per heavy atom. The molecule has 0 atom stereocenters. The molecule has 0 unspecified atom stereocenters. The molecule has 86 valence electrons. The highest BCUT2D eigenvalue weighted by atomic mass is 35.5. The van der Waals surface area contributed by atoms with E-state index in [1.54, 1.807) is 0 Å². The molecule has 0 radical (unpaired) electrons. The zero-order valence-corrected chi connectivity index (χ0v) is 8.51. The number of carboxylic acids is 1. The van der Waals surface area contributed by atoms with Crippen molar-refractivity contribution in [3.63, 3.8) is 0 Å². The number of carbonyl (C=O) groups is 1. The van der Waals surface area contributed by atoms with Crippen LogP contribution in [-0.2, 0) is 11.0 Å². The first kappa shape index (κ1) is 12.6. The van der Waals surface area contributed by atoms with Crippen molar-refractivity contribution in [2.45, 2.75) is 6.18 Å². The Hall–Kier alpha value is -1.49. The van der Waals surface area contributed by atoms with E-state index in [9.17, 15) is 18.0 Å². The van der Waals surface area contributed by atoms with Crippen LogP contribution in [0, 0.1) is 0 Å². The normalized spacial score (nSPS) is 12.0. The molecule has 1 rings (SSSR count). The van der Waals surface area contributed by atoms with Gasteiger partial charge < -0.3 is 5.11 Å². The lowest BCUT2D eigenvalue weighted by atomic mass is 10.1. The predicted molar refractivity (Wildman–Crippen MR) is 53.1 cm³/mol. The number of hydrogen-bond donors (Lipinski definition) is 1. The second-order valence-corrected chi connectivity index (χ2v) is 3.34. The van der Waals surface area contributed by atoms with Crippen LogP contribution < -0.4 is 0 Å². The van der Waals surface area contributed by atoms with Gasteiger partial charge >= 0.3 is 12.1 Å². The first-order valence-electron chi connectivity index (χ1n) is 4.08. The minimum absolute atomic E-state index is 0.0557. The maximum atomic E-state index is 12.5. The number of benzene rings is 1. The molecule has 0 spiro atoms. The lowest BCUT2D eigenvalue weighted by molar-refractivity contribution is -0.138. The number of rotatable bonds is 2. The van der Waals surface area contributed by atoms with Gasteiger partial charge in [0.05, 0.1) is 5.56 Å². The van der Waals surface area contributed by atoms with Crippen LogP contribution in [0.5, 0.6) is 0 Å². The Labute approximate surface area is 94.0 Å². The summed E-state index contributed by atoms with van der Waals surface area (Å²) in [5, 5.41) is 8.27. The quantitative estimate of drug-likeness (QED) is 0.816. The van der Waals surface area contributed by atoms with Crippen LogP contribution >= 0.6 is 11.6 Å². The summed E-state index contributed by atoms with van der Waals surface area (Å²) in [5.41, 5.74) is -1.20. The van der Waals surface area contributed by atoms with Crippen molar-refractivity contribution >= 4 is 23.6 Å². The molecule has 2 nitrogen and oxygen atoms in total. The molecular weight excluding hydrogens is 245 g/mol. The number of aliphatic carboxylic acids is 1. The highest BCUT2D eigenvalue weighted by molar-refractivity contribution is 6.30. The van der Waals surface area contributed by atoms with Gasteiger partial charge in [0.1, 0.15) is 0 Å². The van der Waals surface area contributed by atoms with Gasteiger partial charge in [0.25, 0.3) is 0 Å². The highest BCUT2D eigenvalue weighted by Gasteiger charge is 2.32. The number of halogens is 4. The zero-order chi connectivity index (χ0) is 12.3. The summed E-state index contributed by atoms with van der Waals surface area (Å²) >= 11 is 5.45. The summed E-state index contributed by atoms with van der Waals surface area (Å²) in [6.45, 7) is 0. The van der Waals surface area contributed by atoms with E-state index in [0.29, 0.717) is 6.08 Å². The van der Waals surface area contributed by atoms with Crippen LogP contribution in [0.3, 0.4) is 0 Å². The van der Waals surface area contributed by atoms with Gasteiger partial charge in [-0.1, -0.05) is 17.7 Å². The van der Waals surface area contributed by atoms with Gasteiger partial charge in [0, 0.05) is 11.1 Å². The first-order chi connectivity index (χ1) is 7.30. The Bertz CT molecular complexity index is 438. The van der Waals surface area contributed by atoms with Gasteiger partial charge in [-0.3, -0.25) is 0 Å². The van der Waals surface area contributed by atoms with E-state index in [2.05, 4.69) is 0 Å². The van der Waals surface area contributed by atoms with Crippen molar-refractivity contribution in [1.82, 2.24) is 0 Å². The van der Waals surface area contributed by atoms with E-state index in [-0.39, 0.29) is 10.6 Å². The summed E-state index contributed by atoms with van der Waals surface area (Å²) in [6.07, 6.45) is -3.05. The van der Waals surface area contributed by atoms with Crippen LogP contribution in [0.4, 0.5) is 13.2 Å². The predicted octanol–water partition coefficient (Wildman–Crippen LogP) is 3.46. The second kappa shape index (κ2) is 4.57. The van der Waals surface area contributed by atoms with Crippen molar-refractivity contribution in [1.29, 1.82) is 0 Å². The summed E-state index contributed by atoms with van der Waals surface area (Å²) < 4.78 is 37.5. The SMILES string of the molecule is O=C(O)/C=C/c1ccc(Cl)cc1C(F)(F)F. The summed E-state index contributed by atoms with van der Waals surface area (Å²) in [4.78, 5) is 10.2. The highest BCUT2D eigenvalue weighted by Crippen LogP contribution is 2.34. The van der Waals surface area contributed by atoms with Gasteiger partial charge in [-0.05, 0) is 23.8 Å². The molecule has 0 aliphatic heterocycles. The molecule has 0 aromatic heterocycles. The Morgan fingerprint density at radius 1 is 1.38 bits per heavy atom. The fourth-order valence-corrected chi connectivity index (χ4v) is 1.25. The third-order valence-electron chi connectivity index (χ3n) is 1.73. The fraction of sp³-hybridized carbons (Fsp3) is 0.100. The molecule has 16 heavy (non-hydrogen) atoms. The number of hydrogen-bond acceptors (Lipinski definition) is 1. The van der Waals surface area contributed by atoms with Gasteiger partial charge in [0.2, 0.25) is 0 Å². The maximum Gasteiger partial charge on any atom is 0.417 e. The molecule has 0 fully saturated rings. The molecule has 0 saturated heterocycles. The Kier molecular flexibility index (Phi) is 3.59. The summed E-state index contributed by atoms with van der Waals surface area (Å²) in [6, 6.07) is 3.13. The molecule has 6 heteroatoms. The van der Waals surface area contributed by atoms with E-state index >= 15 is 0 Å². The molecule has 1 aromatic carbocycles. The Balaban J connectivity index is 3.23. The molecule has 0 bridgehead atoms. The van der Waals surface area contributed by atoms with E-state index in [0.717, 1.165) is 18.2 Å². The third-order valence-corrected chi connectivity index (χ3v) is 1.96. The molecule has 0 amide bonds. The minimum atomic E-state index is -4.57. The molecule has 0 saturated carbocycles. The van der Waals surface area contributed by atoms with E-state index < -0.39 is 17.7 Å². The standard InChI is InChI=1S/C10H6ClF3O2/c11-7-3-1-6(2-4-9(15)16)8(5-7)10(12,13)14/h1-5H,(H,15,16)/b4-2+. The number of carboxylic acid groups (broad SMARTS) is 1. The average Bonchev–Trinajstić information content (AvgIpc) is 2.14. The maximum absolute atomic E-state index is 12.5. The van der Waals surface area contributed by atoms with E-state index in [4.69, 9.17) is 16.7 Å². The topological polar surface area (TPSA) is 37.3 Å². The Morgan fingerprint density at radius 3 is 2.50 bits per heavy atom. The monoisotopic (exact) mass is 250 g/mol. The molecule has 0 aliphatic rings. The lowest BCUT2D eigenvalue weighted by Crippen LogP contribution is -2.07. The van der Waals surface area contributed by atoms with Gasteiger partial charge in [-0.2, -0.15) is 13.2 Å². The molecule has 1 N–H and O–H groups in total. The number of alkyl halides is 3. The van der Waals surface area contributed by atoms with Crippen molar-refractivity contribution < 1.29 is 23.1 Å². The molecular formula is C10H6ClF3O2. The molecule has 0 aliphatic carbocycles. The van der Waals surface area contributed by atoms with Crippen molar-refractivity contribution in [2.24, 2.45) is 0 Å². The van der Waals surface area contributed by atoms with E-state index in [1.807, 2.05) is 0 Å². The average molecular weight is 251 g/mol. The summed E-state index contributed by atoms with van der Waals surface area (Å²) in [7, 11) is 0. The fourth-order valence-electron chi connectivity index (χ4n) is 1.08. The molecule has 1 aromatic rings. The first-order valence-corrected chi connectivity index (χ1v) is 4.46. The van der Waals surface area contributed by atoms with Gasteiger partial charge in [-0.25, -0.2) is 4.79 Å². The minimum Gasteiger partial charge on any atom is -0.478 e. The third kappa shape index (κ3) is 3.27. The molecule has 0 heterocycles. The van der Waals surface area contributed by atoms with Crippen LogP contribution in [0.2, 0.25) is 5.02 Å². The van der Waals surface area contributed by atoms with Gasteiger partial charge in [-0.15, -0.1) is 0 Å². The van der Waals surface area contributed by atoms with E-state index in [1.165, 1.54) is 6.07 Å². The largest absolute Gasteiger partial charge is 0.478 e. The summed E-state index contributed by atoms with van der Waals surface area (Å²) in [5.74, 6) is -1.32. The van der Waals surface area contributed by atoms with Crippen LogP contribution in [0.1, 0.15) is 11.1 Å². The second-order valence-electron chi connectivity index (χ2n) is 2.90. The smallest absolute Gasteiger partial charge is 0.417 e. The lowest BCUT2D eigenvalue weighted by Gasteiger charge is -2.10. The van der Waals surface area contributed by atoms with Crippen molar-refractivity contribution in [3.8, 4) is 0 Å². The van der Waals surface area contributed by atoms with Crippen LogP contribution in [-0.4, -0.2) is 11.1 Å². The van der Waals surface area contributed by atoms with Crippen molar-refractivity contribution in [2.75, 3.05) is 0 Å². The van der Waals surface area contributed by atoms with Gasteiger partial charge in [0.15, 0.2) is 0 Å². The van der Waals surface area contributed by atoms with Crippen LogP contribution in [0.15, 0.2) is 24.3 Å². The van der Waals surface area contributed by atoms with Crippen molar-refractivity contribution in [3.05, 3.63) is 40.4 Å². The zero-order valence-electron chi connectivity index (χ0n) is 7.75.